The maximum absolute atomic E-state index is 12.7. The number of rotatable bonds is 4. The first kappa shape index (κ1) is 15.4. The maximum Gasteiger partial charge on any atom is 0.240 e. The molecule has 22 heavy (non-hydrogen) atoms. The molecule has 1 atom stereocenters. The number of carbonyl (C=O) groups excluding carboxylic acids is 1. The Balaban J connectivity index is 1.76. The van der Waals surface area contributed by atoms with Crippen molar-refractivity contribution in [2.75, 3.05) is 11.4 Å². The van der Waals surface area contributed by atoms with Gasteiger partial charge in [-0.05, 0) is 25.0 Å². The molecule has 116 valence electrons. The molecule has 0 unspecified atom stereocenters. The number of anilines is 1. The topological polar surface area (TPSA) is 61.9 Å². The Bertz CT molecular complexity index is 675. The molecule has 0 radical (unpaired) electrons. The summed E-state index contributed by atoms with van der Waals surface area (Å²) in [7, 11) is 0. The Morgan fingerprint density at radius 2 is 2.27 bits per heavy atom. The molecule has 0 bridgehead atoms. The number of aryl methyl sites for hydroxylation is 1. The molecule has 1 aromatic carbocycles. The van der Waals surface area contributed by atoms with Crippen LogP contribution >= 0.6 is 23.4 Å². The molecule has 0 aliphatic carbocycles. The van der Waals surface area contributed by atoms with Crippen molar-refractivity contribution in [1.82, 2.24) is 15.2 Å². The molecule has 1 aliphatic heterocycles. The van der Waals surface area contributed by atoms with Crippen molar-refractivity contribution in [2.24, 2.45) is 0 Å². The number of para-hydroxylation sites is 1. The number of aromatic amines is 1. The molecule has 1 fully saturated rings. The molecule has 0 spiro atoms. The van der Waals surface area contributed by atoms with E-state index in [1.807, 2.05) is 31.2 Å². The number of nitrogens with one attached hydrogen (secondary N) is 1. The summed E-state index contributed by atoms with van der Waals surface area (Å²) >= 11 is 7.65. The number of H-pyrrole nitrogens is 1. The van der Waals surface area contributed by atoms with Gasteiger partial charge in [0.25, 0.3) is 0 Å². The highest BCUT2D eigenvalue weighted by Crippen LogP contribution is 2.33. The zero-order valence-electron chi connectivity index (χ0n) is 12.3. The van der Waals surface area contributed by atoms with Crippen LogP contribution < -0.4 is 4.90 Å². The Kier molecular flexibility index (Phi) is 4.69. The average molecular weight is 337 g/mol. The SMILES string of the molecule is CCc1nc(S[C@H]2CCCN(c3ccccc3Cl)C2=O)n[nH]1. The zero-order valence-corrected chi connectivity index (χ0v) is 13.8. The summed E-state index contributed by atoms with van der Waals surface area (Å²) in [4.78, 5) is 18.9. The molecule has 1 saturated heterocycles. The summed E-state index contributed by atoms with van der Waals surface area (Å²) in [6, 6.07) is 7.46. The highest BCUT2D eigenvalue weighted by Gasteiger charge is 2.32. The van der Waals surface area contributed by atoms with Gasteiger partial charge < -0.3 is 4.90 Å². The van der Waals surface area contributed by atoms with E-state index in [1.165, 1.54) is 11.8 Å². The summed E-state index contributed by atoms with van der Waals surface area (Å²) < 4.78 is 0. The van der Waals surface area contributed by atoms with Crippen LogP contribution in [0.1, 0.15) is 25.6 Å². The first-order chi connectivity index (χ1) is 10.7. The van der Waals surface area contributed by atoms with E-state index in [1.54, 1.807) is 4.90 Å². The summed E-state index contributed by atoms with van der Waals surface area (Å²) in [6.45, 7) is 2.72. The number of aromatic nitrogens is 3. The van der Waals surface area contributed by atoms with Crippen molar-refractivity contribution in [1.29, 1.82) is 0 Å². The normalized spacial score (nSPS) is 18.7. The predicted molar refractivity (Wildman–Crippen MR) is 88.4 cm³/mol. The van der Waals surface area contributed by atoms with Gasteiger partial charge in [-0.1, -0.05) is 42.4 Å². The predicted octanol–water partition coefficient (Wildman–Crippen LogP) is 3.31. The number of benzene rings is 1. The number of hydrogen-bond acceptors (Lipinski definition) is 4. The van der Waals surface area contributed by atoms with E-state index in [4.69, 9.17) is 11.6 Å². The molecule has 3 rings (SSSR count). The fourth-order valence-electron chi connectivity index (χ4n) is 2.48. The second-order valence-corrected chi connectivity index (χ2v) is 6.69. The van der Waals surface area contributed by atoms with Gasteiger partial charge in [0.2, 0.25) is 11.1 Å². The van der Waals surface area contributed by atoms with E-state index >= 15 is 0 Å². The standard InChI is InChI=1S/C15H17ClN4OS/c1-2-13-17-15(19-18-13)22-12-8-5-9-20(14(12)21)11-7-4-3-6-10(11)16/h3-4,6-7,12H,2,5,8-9H2,1H3,(H,17,18,19)/t12-/m0/s1. The van der Waals surface area contributed by atoms with Crippen LogP contribution in [0.15, 0.2) is 29.4 Å². The molecular weight excluding hydrogens is 320 g/mol. The minimum absolute atomic E-state index is 0.0761. The van der Waals surface area contributed by atoms with Crippen LogP contribution in [0.4, 0.5) is 5.69 Å². The van der Waals surface area contributed by atoms with Crippen LogP contribution in [0.2, 0.25) is 5.02 Å². The average Bonchev–Trinajstić information content (AvgIpc) is 2.98. The number of carbonyl (C=O) groups is 1. The van der Waals surface area contributed by atoms with E-state index in [0.29, 0.717) is 16.7 Å². The van der Waals surface area contributed by atoms with Gasteiger partial charge in [-0.2, -0.15) is 0 Å². The van der Waals surface area contributed by atoms with Crippen molar-refractivity contribution >= 4 is 35.0 Å². The second kappa shape index (κ2) is 6.71. The Hall–Kier alpha value is -1.53. The van der Waals surface area contributed by atoms with Crippen LogP contribution in [0.5, 0.6) is 0 Å². The highest BCUT2D eigenvalue weighted by atomic mass is 35.5. The molecule has 2 heterocycles. The number of halogens is 1. The van der Waals surface area contributed by atoms with E-state index in [2.05, 4.69) is 15.2 Å². The number of nitrogens with zero attached hydrogens (tertiary/aromatic N) is 3. The first-order valence-electron chi connectivity index (χ1n) is 7.33. The molecular formula is C15H17ClN4OS. The van der Waals surface area contributed by atoms with Crippen LogP contribution in [-0.4, -0.2) is 32.9 Å². The monoisotopic (exact) mass is 336 g/mol. The lowest BCUT2D eigenvalue weighted by Gasteiger charge is -2.32. The van der Waals surface area contributed by atoms with Crippen molar-refractivity contribution < 1.29 is 4.79 Å². The van der Waals surface area contributed by atoms with Gasteiger partial charge >= 0.3 is 0 Å². The summed E-state index contributed by atoms with van der Waals surface area (Å²) in [5.74, 6) is 0.918. The molecule has 5 nitrogen and oxygen atoms in total. The van der Waals surface area contributed by atoms with Gasteiger partial charge in [-0.3, -0.25) is 9.89 Å². The lowest BCUT2D eigenvalue weighted by atomic mass is 10.1. The molecule has 7 heteroatoms. The number of piperidine rings is 1. The molecule has 0 saturated carbocycles. The third-order valence-corrected chi connectivity index (χ3v) is 5.06. The second-order valence-electron chi connectivity index (χ2n) is 5.11. The van der Waals surface area contributed by atoms with Gasteiger partial charge in [0.05, 0.1) is 16.0 Å². The number of thioether (sulfide) groups is 1. The van der Waals surface area contributed by atoms with Gasteiger partial charge in [-0.15, -0.1) is 5.10 Å². The minimum atomic E-state index is -0.162. The van der Waals surface area contributed by atoms with Crippen LogP contribution in [-0.2, 0) is 11.2 Å². The largest absolute Gasteiger partial charge is 0.310 e. The molecule has 1 aromatic heterocycles. The highest BCUT2D eigenvalue weighted by molar-refractivity contribution is 8.00. The number of hydrogen-bond donors (Lipinski definition) is 1. The summed E-state index contributed by atoms with van der Waals surface area (Å²) in [5, 5.41) is 8.12. The van der Waals surface area contributed by atoms with E-state index < -0.39 is 0 Å². The van der Waals surface area contributed by atoms with Crippen LogP contribution in [0, 0.1) is 0 Å². The Labute approximate surface area is 138 Å². The molecule has 2 aromatic rings. The summed E-state index contributed by atoms with van der Waals surface area (Å²) in [5.41, 5.74) is 0.781. The van der Waals surface area contributed by atoms with Gasteiger partial charge in [0.15, 0.2) is 0 Å². The van der Waals surface area contributed by atoms with Gasteiger partial charge in [0, 0.05) is 13.0 Å². The first-order valence-corrected chi connectivity index (χ1v) is 8.58. The third kappa shape index (κ3) is 3.13. The quantitative estimate of drug-likeness (QED) is 0.930. The Morgan fingerprint density at radius 3 is 3.00 bits per heavy atom. The smallest absolute Gasteiger partial charge is 0.240 e. The van der Waals surface area contributed by atoms with Crippen molar-refractivity contribution in [2.45, 2.75) is 36.6 Å². The minimum Gasteiger partial charge on any atom is -0.310 e. The molecule has 1 N–H and O–H groups in total. The number of amides is 1. The third-order valence-electron chi connectivity index (χ3n) is 3.63. The van der Waals surface area contributed by atoms with Crippen molar-refractivity contribution in [3.8, 4) is 0 Å². The maximum atomic E-state index is 12.7. The van der Waals surface area contributed by atoms with Crippen molar-refractivity contribution in [3.05, 3.63) is 35.1 Å². The Morgan fingerprint density at radius 1 is 1.45 bits per heavy atom. The molecule has 1 aliphatic rings. The zero-order chi connectivity index (χ0) is 15.5. The lowest BCUT2D eigenvalue weighted by Crippen LogP contribution is -2.43. The van der Waals surface area contributed by atoms with E-state index in [-0.39, 0.29) is 11.2 Å². The van der Waals surface area contributed by atoms with E-state index in [0.717, 1.165) is 30.8 Å². The fraction of sp³-hybridized carbons (Fsp3) is 0.400. The van der Waals surface area contributed by atoms with Crippen LogP contribution in [0.25, 0.3) is 0 Å². The van der Waals surface area contributed by atoms with Crippen molar-refractivity contribution in [3.63, 3.8) is 0 Å². The van der Waals surface area contributed by atoms with Gasteiger partial charge in [0.1, 0.15) is 5.82 Å². The molecule has 1 amide bonds. The van der Waals surface area contributed by atoms with Gasteiger partial charge in [-0.25, -0.2) is 4.98 Å². The fourth-order valence-corrected chi connectivity index (χ4v) is 3.74. The van der Waals surface area contributed by atoms with E-state index in [9.17, 15) is 4.79 Å². The van der Waals surface area contributed by atoms with Crippen LogP contribution in [0.3, 0.4) is 0 Å². The lowest BCUT2D eigenvalue weighted by molar-refractivity contribution is -0.119. The summed E-state index contributed by atoms with van der Waals surface area (Å²) in [6.07, 6.45) is 2.58.